The van der Waals surface area contributed by atoms with Gasteiger partial charge in [0.1, 0.15) is 12.4 Å². The second-order valence-electron chi connectivity index (χ2n) is 6.16. The third-order valence-electron chi connectivity index (χ3n) is 4.36. The predicted molar refractivity (Wildman–Crippen MR) is 96.3 cm³/mol. The number of ether oxygens (including phenoxy) is 1. The zero-order chi connectivity index (χ0) is 17.5. The van der Waals surface area contributed by atoms with Crippen LogP contribution in [-0.4, -0.2) is 66.8 Å². The molecule has 1 aliphatic heterocycles. The van der Waals surface area contributed by atoms with Crippen molar-refractivity contribution in [1.82, 2.24) is 9.80 Å². The fraction of sp³-hybridized carbons (Fsp3) is 0.588. The Morgan fingerprint density at radius 2 is 2.17 bits per heavy atom. The Balaban J connectivity index is 1.76. The highest BCUT2D eigenvalue weighted by Gasteiger charge is 2.21. The molecule has 1 aliphatic rings. The summed E-state index contributed by atoms with van der Waals surface area (Å²) in [5, 5.41) is 10.1. The van der Waals surface area contributed by atoms with E-state index >= 15 is 0 Å². The van der Waals surface area contributed by atoms with Gasteiger partial charge in [0.25, 0.3) is 0 Å². The first-order valence-electron chi connectivity index (χ1n) is 8.18. The van der Waals surface area contributed by atoms with Crippen LogP contribution in [-0.2, 0) is 4.79 Å². The molecule has 2 rings (SSSR count). The average Bonchev–Trinajstić information content (AvgIpc) is 2.76. The number of carboxylic acids is 1. The van der Waals surface area contributed by atoms with Crippen molar-refractivity contribution >= 4 is 29.2 Å². The molecule has 0 bridgehead atoms. The Morgan fingerprint density at radius 3 is 2.92 bits per heavy atom. The molecule has 1 fully saturated rings. The molecule has 0 amide bonds. The Morgan fingerprint density at radius 1 is 1.38 bits per heavy atom. The number of hydrogen-bond donors (Lipinski definition) is 1. The summed E-state index contributed by atoms with van der Waals surface area (Å²) in [6, 6.07) is 5.52. The standard InChI is InChI=1S/C17H24Cl2N2O3/c1-20(12-17(22)23)14-3-2-7-21(8-6-14)9-10-24-16-11-13(18)4-5-15(16)19/h4-5,11,14H,2-3,6-10,12H2,1H3,(H,22,23). The summed E-state index contributed by atoms with van der Waals surface area (Å²) in [7, 11) is 1.89. The van der Waals surface area contributed by atoms with Crippen LogP contribution >= 0.6 is 23.2 Å². The number of rotatable bonds is 7. The van der Waals surface area contributed by atoms with Gasteiger partial charge in [-0.05, 0) is 51.5 Å². The topological polar surface area (TPSA) is 53.0 Å². The zero-order valence-corrected chi connectivity index (χ0v) is 15.4. The van der Waals surface area contributed by atoms with Crippen molar-refractivity contribution in [3.05, 3.63) is 28.2 Å². The maximum absolute atomic E-state index is 10.8. The summed E-state index contributed by atoms with van der Waals surface area (Å²) in [6.45, 7) is 3.42. The van der Waals surface area contributed by atoms with Crippen molar-refractivity contribution in [2.24, 2.45) is 0 Å². The van der Waals surface area contributed by atoms with E-state index in [0.717, 1.165) is 38.9 Å². The molecule has 134 valence electrons. The number of aliphatic carboxylic acids is 1. The number of halogens is 2. The lowest BCUT2D eigenvalue weighted by molar-refractivity contribution is -0.138. The molecule has 1 atom stereocenters. The van der Waals surface area contributed by atoms with Gasteiger partial charge in [-0.15, -0.1) is 0 Å². The average molecular weight is 375 g/mol. The van der Waals surface area contributed by atoms with Gasteiger partial charge in [0.2, 0.25) is 0 Å². The fourth-order valence-electron chi connectivity index (χ4n) is 3.02. The van der Waals surface area contributed by atoms with E-state index in [-0.39, 0.29) is 6.54 Å². The zero-order valence-electron chi connectivity index (χ0n) is 13.9. The third-order valence-corrected chi connectivity index (χ3v) is 4.90. The molecule has 1 aromatic carbocycles. The number of likely N-dealkylation sites (tertiary alicyclic amines) is 1. The highest BCUT2D eigenvalue weighted by molar-refractivity contribution is 6.34. The molecular weight excluding hydrogens is 351 g/mol. The van der Waals surface area contributed by atoms with E-state index in [9.17, 15) is 4.79 Å². The van der Waals surface area contributed by atoms with Crippen LogP contribution in [0.4, 0.5) is 0 Å². The molecule has 1 unspecified atom stereocenters. The first-order valence-corrected chi connectivity index (χ1v) is 8.93. The van der Waals surface area contributed by atoms with E-state index in [1.165, 1.54) is 0 Å². The summed E-state index contributed by atoms with van der Waals surface area (Å²) in [5.74, 6) is -0.163. The lowest BCUT2D eigenvalue weighted by atomic mass is 10.1. The highest BCUT2D eigenvalue weighted by atomic mass is 35.5. The van der Waals surface area contributed by atoms with E-state index < -0.39 is 5.97 Å². The molecule has 5 nitrogen and oxygen atoms in total. The van der Waals surface area contributed by atoms with Crippen molar-refractivity contribution in [1.29, 1.82) is 0 Å². The van der Waals surface area contributed by atoms with Crippen molar-refractivity contribution in [3.8, 4) is 5.75 Å². The first-order chi connectivity index (χ1) is 11.5. The van der Waals surface area contributed by atoms with E-state index in [2.05, 4.69) is 4.90 Å². The minimum atomic E-state index is -0.773. The molecule has 0 radical (unpaired) electrons. The van der Waals surface area contributed by atoms with Crippen LogP contribution in [0.3, 0.4) is 0 Å². The third kappa shape index (κ3) is 6.13. The lowest BCUT2D eigenvalue weighted by Gasteiger charge is -2.25. The van der Waals surface area contributed by atoms with Crippen molar-refractivity contribution in [2.75, 3.05) is 39.8 Å². The molecule has 1 saturated heterocycles. The number of carbonyl (C=O) groups is 1. The Labute approximate surface area is 153 Å². The van der Waals surface area contributed by atoms with Gasteiger partial charge >= 0.3 is 5.97 Å². The number of carboxylic acid groups (broad SMARTS) is 1. The largest absolute Gasteiger partial charge is 0.491 e. The molecular formula is C17H24Cl2N2O3. The second-order valence-corrected chi connectivity index (χ2v) is 7.00. The van der Waals surface area contributed by atoms with Gasteiger partial charge in [0, 0.05) is 23.7 Å². The number of nitrogens with zero attached hydrogens (tertiary/aromatic N) is 2. The molecule has 1 aromatic rings. The summed E-state index contributed by atoms with van der Waals surface area (Å²) < 4.78 is 5.74. The number of hydrogen-bond acceptors (Lipinski definition) is 4. The van der Waals surface area contributed by atoms with Gasteiger partial charge in [-0.3, -0.25) is 14.6 Å². The van der Waals surface area contributed by atoms with Gasteiger partial charge in [0.15, 0.2) is 0 Å². The minimum absolute atomic E-state index is 0.0983. The maximum atomic E-state index is 10.8. The molecule has 1 N–H and O–H groups in total. The molecule has 7 heteroatoms. The monoisotopic (exact) mass is 374 g/mol. The van der Waals surface area contributed by atoms with E-state index in [1.807, 2.05) is 11.9 Å². The minimum Gasteiger partial charge on any atom is -0.491 e. The van der Waals surface area contributed by atoms with Gasteiger partial charge in [-0.2, -0.15) is 0 Å². The smallest absolute Gasteiger partial charge is 0.317 e. The Kier molecular flexibility index (Phi) is 7.62. The summed E-state index contributed by atoms with van der Waals surface area (Å²) >= 11 is 12.0. The SMILES string of the molecule is CN(CC(=O)O)C1CCCN(CCOc2cc(Cl)ccc2Cl)CC1. The quantitative estimate of drug-likeness (QED) is 0.793. The first kappa shape index (κ1) is 19.3. The molecule has 0 spiro atoms. The summed E-state index contributed by atoms with van der Waals surface area (Å²) in [6.07, 6.45) is 3.06. The van der Waals surface area contributed by atoms with Crippen LogP contribution in [0, 0.1) is 0 Å². The summed E-state index contributed by atoms with van der Waals surface area (Å²) in [5.41, 5.74) is 0. The predicted octanol–water partition coefficient (Wildman–Crippen LogP) is 3.24. The van der Waals surface area contributed by atoms with E-state index in [1.54, 1.807) is 18.2 Å². The molecule has 0 saturated carbocycles. The van der Waals surface area contributed by atoms with Crippen LogP contribution in [0.5, 0.6) is 5.75 Å². The van der Waals surface area contributed by atoms with Gasteiger partial charge in [-0.1, -0.05) is 23.2 Å². The van der Waals surface area contributed by atoms with Crippen LogP contribution in [0.2, 0.25) is 10.0 Å². The second kappa shape index (κ2) is 9.47. The van der Waals surface area contributed by atoms with Crippen LogP contribution in [0.1, 0.15) is 19.3 Å². The summed E-state index contributed by atoms with van der Waals surface area (Å²) in [4.78, 5) is 15.1. The molecule has 0 aromatic heterocycles. The Bertz CT molecular complexity index is 557. The van der Waals surface area contributed by atoms with Crippen LogP contribution < -0.4 is 4.74 Å². The number of benzene rings is 1. The van der Waals surface area contributed by atoms with E-state index in [0.29, 0.717) is 28.4 Å². The Hall–Kier alpha value is -1.01. The van der Waals surface area contributed by atoms with Gasteiger partial charge < -0.3 is 9.84 Å². The normalized spacial score (nSPS) is 19.2. The highest BCUT2D eigenvalue weighted by Crippen LogP contribution is 2.27. The lowest BCUT2D eigenvalue weighted by Crippen LogP contribution is -2.37. The van der Waals surface area contributed by atoms with E-state index in [4.69, 9.17) is 33.0 Å². The van der Waals surface area contributed by atoms with Gasteiger partial charge in [0.05, 0.1) is 11.6 Å². The number of likely N-dealkylation sites (N-methyl/N-ethyl adjacent to an activating group) is 1. The van der Waals surface area contributed by atoms with Crippen LogP contribution in [0.15, 0.2) is 18.2 Å². The van der Waals surface area contributed by atoms with Crippen molar-refractivity contribution < 1.29 is 14.6 Å². The van der Waals surface area contributed by atoms with Crippen LogP contribution in [0.25, 0.3) is 0 Å². The molecule has 24 heavy (non-hydrogen) atoms. The van der Waals surface area contributed by atoms with Gasteiger partial charge in [-0.25, -0.2) is 0 Å². The van der Waals surface area contributed by atoms with Crippen molar-refractivity contribution in [3.63, 3.8) is 0 Å². The maximum Gasteiger partial charge on any atom is 0.317 e. The fourth-order valence-corrected chi connectivity index (χ4v) is 3.35. The molecule has 0 aliphatic carbocycles. The molecule has 1 heterocycles. The van der Waals surface area contributed by atoms with Crippen molar-refractivity contribution in [2.45, 2.75) is 25.3 Å².